The van der Waals surface area contributed by atoms with E-state index in [9.17, 15) is 8.42 Å². The lowest BCUT2D eigenvalue weighted by atomic mass is 10.2. The zero-order valence-electron chi connectivity index (χ0n) is 9.96. The highest BCUT2D eigenvalue weighted by Gasteiger charge is 2.22. The van der Waals surface area contributed by atoms with E-state index in [0.717, 1.165) is 4.47 Å². The van der Waals surface area contributed by atoms with E-state index in [1.165, 1.54) is 18.7 Å². The van der Waals surface area contributed by atoms with Crippen molar-refractivity contribution in [3.8, 4) is 17.1 Å². The molecule has 0 amide bonds. The molecule has 0 aliphatic heterocycles. The van der Waals surface area contributed by atoms with E-state index in [2.05, 4.69) is 26.1 Å². The maximum absolute atomic E-state index is 11.3. The number of ether oxygens (including phenoxy) is 1. The Labute approximate surface area is 122 Å². The number of aromatic nitrogens is 3. The van der Waals surface area contributed by atoms with Gasteiger partial charge in [0.15, 0.2) is 5.82 Å². The van der Waals surface area contributed by atoms with Crippen molar-refractivity contribution in [2.24, 2.45) is 7.05 Å². The van der Waals surface area contributed by atoms with Gasteiger partial charge >= 0.3 is 0 Å². The van der Waals surface area contributed by atoms with Crippen molar-refractivity contribution < 1.29 is 13.2 Å². The molecule has 9 heteroatoms. The zero-order valence-corrected chi connectivity index (χ0v) is 13.1. The summed E-state index contributed by atoms with van der Waals surface area (Å²) in [6.07, 6.45) is 0. The van der Waals surface area contributed by atoms with E-state index < -0.39 is 9.05 Å². The molecule has 0 bridgehead atoms. The molecule has 0 unspecified atom stereocenters. The molecule has 1 aromatic carbocycles. The first-order valence-electron chi connectivity index (χ1n) is 5.02. The van der Waals surface area contributed by atoms with Gasteiger partial charge in [0.1, 0.15) is 5.75 Å². The summed E-state index contributed by atoms with van der Waals surface area (Å²) in [7, 11) is 4.37. The Balaban J connectivity index is 2.64. The third kappa shape index (κ3) is 2.75. The molecule has 0 spiro atoms. The van der Waals surface area contributed by atoms with Crippen molar-refractivity contribution in [3.63, 3.8) is 0 Å². The molecule has 0 saturated carbocycles. The second-order valence-corrected chi connectivity index (χ2v) is 7.02. The largest absolute Gasteiger partial charge is 0.496 e. The quantitative estimate of drug-likeness (QED) is 0.778. The fourth-order valence-corrected chi connectivity index (χ4v) is 2.91. The minimum atomic E-state index is -3.94. The first-order valence-corrected chi connectivity index (χ1v) is 8.13. The van der Waals surface area contributed by atoms with Crippen LogP contribution in [0.3, 0.4) is 0 Å². The smallest absolute Gasteiger partial charge is 0.296 e. The molecular formula is C10H9BrClN3O3S. The van der Waals surface area contributed by atoms with Gasteiger partial charge in [-0.25, -0.2) is 8.42 Å². The molecular weight excluding hydrogens is 358 g/mol. The molecule has 2 aromatic rings. The standard InChI is InChI=1S/C10H9BrClN3O3S/c1-15-9(13-14-10(15)19(12,16)17)7-4-3-6(11)5-8(7)18-2/h3-5H,1-2H3. The van der Waals surface area contributed by atoms with Crippen LogP contribution in [0.1, 0.15) is 0 Å². The summed E-state index contributed by atoms with van der Waals surface area (Å²) in [5.41, 5.74) is 0.618. The van der Waals surface area contributed by atoms with E-state index in [4.69, 9.17) is 15.4 Å². The van der Waals surface area contributed by atoms with Crippen LogP contribution in [-0.4, -0.2) is 30.3 Å². The van der Waals surface area contributed by atoms with E-state index in [1.54, 1.807) is 18.2 Å². The number of halogens is 2. The van der Waals surface area contributed by atoms with Gasteiger partial charge in [-0.3, -0.25) is 4.57 Å². The molecule has 0 fully saturated rings. The minimum Gasteiger partial charge on any atom is -0.496 e. The zero-order chi connectivity index (χ0) is 14.2. The first kappa shape index (κ1) is 14.3. The van der Waals surface area contributed by atoms with Gasteiger partial charge in [0.25, 0.3) is 14.2 Å². The number of nitrogens with zero attached hydrogens (tertiary/aromatic N) is 3. The van der Waals surface area contributed by atoms with Gasteiger partial charge in [0.05, 0.1) is 12.7 Å². The molecule has 6 nitrogen and oxygen atoms in total. The molecule has 0 aliphatic rings. The monoisotopic (exact) mass is 365 g/mol. The van der Waals surface area contributed by atoms with Crippen LogP contribution in [0.5, 0.6) is 5.75 Å². The van der Waals surface area contributed by atoms with Gasteiger partial charge in [-0.05, 0) is 18.2 Å². The normalized spacial score (nSPS) is 11.6. The van der Waals surface area contributed by atoms with Crippen LogP contribution in [0, 0.1) is 0 Å². The van der Waals surface area contributed by atoms with Gasteiger partial charge in [0, 0.05) is 22.2 Å². The van der Waals surface area contributed by atoms with Crippen molar-refractivity contribution in [3.05, 3.63) is 22.7 Å². The maximum atomic E-state index is 11.3. The Morgan fingerprint density at radius 3 is 2.58 bits per heavy atom. The van der Waals surface area contributed by atoms with Crippen LogP contribution in [0.15, 0.2) is 27.8 Å². The van der Waals surface area contributed by atoms with Crippen LogP contribution in [0.25, 0.3) is 11.4 Å². The Bertz CT molecular complexity index is 730. The molecule has 19 heavy (non-hydrogen) atoms. The molecule has 102 valence electrons. The number of methoxy groups -OCH3 is 1. The highest BCUT2D eigenvalue weighted by molar-refractivity contribution is 9.10. The van der Waals surface area contributed by atoms with Crippen LogP contribution >= 0.6 is 26.6 Å². The molecule has 0 radical (unpaired) electrons. The molecule has 0 N–H and O–H groups in total. The third-order valence-electron chi connectivity index (χ3n) is 2.46. The SMILES string of the molecule is COc1cc(Br)ccc1-c1nnc(S(=O)(=O)Cl)n1C. The topological polar surface area (TPSA) is 74.1 Å². The lowest BCUT2D eigenvalue weighted by Gasteiger charge is -2.08. The van der Waals surface area contributed by atoms with Crippen molar-refractivity contribution in [1.29, 1.82) is 0 Å². The van der Waals surface area contributed by atoms with Crippen molar-refractivity contribution in [1.82, 2.24) is 14.8 Å². The summed E-state index contributed by atoms with van der Waals surface area (Å²) >= 11 is 3.33. The van der Waals surface area contributed by atoms with E-state index in [0.29, 0.717) is 17.1 Å². The summed E-state index contributed by atoms with van der Waals surface area (Å²) < 4.78 is 30.0. The Hall–Kier alpha value is -1.12. The minimum absolute atomic E-state index is 0.311. The maximum Gasteiger partial charge on any atom is 0.296 e. The lowest BCUT2D eigenvalue weighted by molar-refractivity contribution is 0.415. The third-order valence-corrected chi connectivity index (χ3v) is 4.16. The second-order valence-electron chi connectivity index (χ2n) is 3.65. The van der Waals surface area contributed by atoms with Crippen molar-refractivity contribution in [2.45, 2.75) is 5.16 Å². The second kappa shape index (κ2) is 5.10. The summed E-state index contributed by atoms with van der Waals surface area (Å²) in [6.45, 7) is 0. The van der Waals surface area contributed by atoms with Gasteiger partial charge in [0.2, 0.25) is 0 Å². The lowest BCUT2D eigenvalue weighted by Crippen LogP contribution is -2.03. The van der Waals surface area contributed by atoms with Crippen molar-refractivity contribution in [2.75, 3.05) is 7.11 Å². The molecule has 0 aliphatic carbocycles. The molecule has 1 heterocycles. The molecule has 2 rings (SSSR count). The Morgan fingerprint density at radius 2 is 2.05 bits per heavy atom. The number of rotatable bonds is 3. The summed E-state index contributed by atoms with van der Waals surface area (Å²) in [5.74, 6) is 0.895. The van der Waals surface area contributed by atoms with Crippen LogP contribution in [0.2, 0.25) is 0 Å². The predicted octanol–water partition coefficient (Wildman–Crippen LogP) is 2.18. The summed E-state index contributed by atoms with van der Waals surface area (Å²) in [4.78, 5) is 0. The average molecular weight is 367 g/mol. The van der Waals surface area contributed by atoms with Crippen molar-refractivity contribution >= 4 is 35.7 Å². The number of benzene rings is 1. The highest BCUT2D eigenvalue weighted by atomic mass is 79.9. The van der Waals surface area contributed by atoms with E-state index in [-0.39, 0.29) is 5.16 Å². The van der Waals surface area contributed by atoms with E-state index in [1.807, 2.05) is 0 Å². The van der Waals surface area contributed by atoms with E-state index >= 15 is 0 Å². The van der Waals surface area contributed by atoms with Gasteiger partial charge < -0.3 is 4.74 Å². The average Bonchev–Trinajstić information content (AvgIpc) is 2.70. The molecule has 1 aromatic heterocycles. The Morgan fingerprint density at radius 1 is 1.37 bits per heavy atom. The summed E-state index contributed by atoms with van der Waals surface area (Å²) in [5, 5.41) is 7.12. The van der Waals surface area contributed by atoms with Crippen LogP contribution in [-0.2, 0) is 16.1 Å². The van der Waals surface area contributed by atoms with Crippen LogP contribution in [0.4, 0.5) is 0 Å². The predicted molar refractivity (Wildman–Crippen MR) is 73.7 cm³/mol. The van der Waals surface area contributed by atoms with Gasteiger partial charge in [-0.15, -0.1) is 10.2 Å². The highest BCUT2D eigenvalue weighted by Crippen LogP contribution is 2.32. The molecule has 0 saturated heterocycles. The fraction of sp³-hybridized carbons (Fsp3) is 0.200. The number of hydrogen-bond acceptors (Lipinski definition) is 5. The fourth-order valence-electron chi connectivity index (χ4n) is 1.61. The molecule has 0 atom stereocenters. The summed E-state index contributed by atoms with van der Waals surface area (Å²) in [6, 6.07) is 5.29. The van der Waals surface area contributed by atoms with Gasteiger partial charge in [-0.1, -0.05) is 15.9 Å². The van der Waals surface area contributed by atoms with Crippen LogP contribution < -0.4 is 4.74 Å². The van der Waals surface area contributed by atoms with Gasteiger partial charge in [-0.2, -0.15) is 0 Å². The number of hydrogen-bond donors (Lipinski definition) is 0. The first-order chi connectivity index (χ1) is 8.84. The Kier molecular flexibility index (Phi) is 3.84.